The second-order valence-corrected chi connectivity index (χ2v) is 7.38. The SMILES string of the molecule is O=C(Nc1ccc(CC(=O)N2CCc3ccccc32)cc1)NC1CCCC1. The molecule has 1 aliphatic carbocycles. The smallest absolute Gasteiger partial charge is 0.319 e. The Balaban J connectivity index is 1.32. The minimum atomic E-state index is -0.153. The Morgan fingerprint density at radius 2 is 1.74 bits per heavy atom. The Hall–Kier alpha value is -2.82. The highest BCUT2D eigenvalue weighted by Gasteiger charge is 2.24. The van der Waals surface area contributed by atoms with Crippen LogP contribution in [0, 0.1) is 0 Å². The summed E-state index contributed by atoms with van der Waals surface area (Å²) < 4.78 is 0. The fourth-order valence-electron chi connectivity index (χ4n) is 4.00. The third-order valence-corrected chi connectivity index (χ3v) is 5.45. The number of rotatable bonds is 4. The van der Waals surface area contributed by atoms with Crippen LogP contribution in [-0.4, -0.2) is 24.5 Å². The van der Waals surface area contributed by atoms with Gasteiger partial charge in [0.25, 0.3) is 0 Å². The van der Waals surface area contributed by atoms with Crippen molar-refractivity contribution in [3.63, 3.8) is 0 Å². The predicted molar refractivity (Wildman–Crippen MR) is 107 cm³/mol. The predicted octanol–water partition coefficient (Wildman–Crippen LogP) is 3.88. The van der Waals surface area contributed by atoms with Gasteiger partial charge in [0.15, 0.2) is 0 Å². The summed E-state index contributed by atoms with van der Waals surface area (Å²) in [6.07, 6.45) is 5.79. The quantitative estimate of drug-likeness (QED) is 0.866. The Kier molecular flexibility index (Phi) is 5.10. The number of hydrogen-bond acceptors (Lipinski definition) is 2. The monoisotopic (exact) mass is 363 g/mol. The molecular formula is C22H25N3O2. The average molecular weight is 363 g/mol. The molecule has 1 fully saturated rings. The molecular weight excluding hydrogens is 338 g/mol. The lowest BCUT2D eigenvalue weighted by atomic mass is 10.1. The Morgan fingerprint density at radius 3 is 2.52 bits per heavy atom. The Bertz CT molecular complexity index is 826. The van der Waals surface area contributed by atoms with Gasteiger partial charge in [-0.2, -0.15) is 0 Å². The molecule has 0 saturated heterocycles. The van der Waals surface area contributed by atoms with E-state index >= 15 is 0 Å². The van der Waals surface area contributed by atoms with Crippen LogP contribution >= 0.6 is 0 Å². The van der Waals surface area contributed by atoms with Gasteiger partial charge in [0.1, 0.15) is 0 Å². The van der Waals surface area contributed by atoms with Crippen molar-refractivity contribution < 1.29 is 9.59 Å². The first-order valence-corrected chi connectivity index (χ1v) is 9.74. The van der Waals surface area contributed by atoms with E-state index in [4.69, 9.17) is 0 Å². The molecule has 2 aromatic rings. The molecule has 3 amide bonds. The topological polar surface area (TPSA) is 61.4 Å². The number of anilines is 2. The second-order valence-electron chi connectivity index (χ2n) is 7.38. The summed E-state index contributed by atoms with van der Waals surface area (Å²) in [5.41, 5.74) is 3.96. The fourth-order valence-corrected chi connectivity index (χ4v) is 4.00. The first-order valence-electron chi connectivity index (χ1n) is 9.74. The maximum Gasteiger partial charge on any atom is 0.319 e. The third kappa shape index (κ3) is 4.13. The minimum absolute atomic E-state index is 0.111. The van der Waals surface area contributed by atoms with Crippen molar-refractivity contribution in [2.24, 2.45) is 0 Å². The lowest BCUT2D eigenvalue weighted by Crippen LogP contribution is -2.36. The van der Waals surface area contributed by atoms with Crippen molar-refractivity contribution in [1.82, 2.24) is 5.32 Å². The third-order valence-electron chi connectivity index (χ3n) is 5.45. The maximum atomic E-state index is 12.7. The van der Waals surface area contributed by atoms with Crippen LogP contribution in [0.2, 0.25) is 0 Å². The molecule has 5 nitrogen and oxygen atoms in total. The zero-order valence-electron chi connectivity index (χ0n) is 15.4. The summed E-state index contributed by atoms with van der Waals surface area (Å²) >= 11 is 0. The molecule has 1 aliphatic heterocycles. The van der Waals surface area contributed by atoms with Crippen LogP contribution in [-0.2, 0) is 17.6 Å². The number of benzene rings is 2. The molecule has 140 valence electrons. The number of carbonyl (C=O) groups is 2. The molecule has 2 N–H and O–H groups in total. The standard InChI is InChI=1S/C22H25N3O2/c26-21(25-14-13-17-5-1-4-8-20(17)25)15-16-9-11-19(12-10-16)24-22(27)23-18-6-2-3-7-18/h1,4-5,8-12,18H,2-3,6-7,13-15H2,(H2,23,24,27). The van der Waals surface area contributed by atoms with Crippen LogP contribution < -0.4 is 15.5 Å². The minimum Gasteiger partial charge on any atom is -0.335 e. The van der Waals surface area contributed by atoms with E-state index in [1.165, 1.54) is 18.4 Å². The van der Waals surface area contributed by atoms with E-state index in [1.807, 2.05) is 47.4 Å². The number of nitrogens with one attached hydrogen (secondary N) is 2. The molecule has 2 aliphatic rings. The molecule has 0 aromatic heterocycles. The summed E-state index contributed by atoms with van der Waals surface area (Å²) in [6.45, 7) is 0.749. The van der Waals surface area contributed by atoms with Crippen LogP contribution in [0.3, 0.4) is 0 Å². The average Bonchev–Trinajstić information content (AvgIpc) is 3.32. The van der Waals surface area contributed by atoms with Crippen molar-refractivity contribution in [3.05, 3.63) is 59.7 Å². The van der Waals surface area contributed by atoms with Gasteiger partial charge >= 0.3 is 6.03 Å². The lowest BCUT2D eigenvalue weighted by Gasteiger charge is -2.17. The van der Waals surface area contributed by atoms with Gasteiger partial charge in [-0.1, -0.05) is 43.2 Å². The molecule has 0 radical (unpaired) electrons. The highest BCUT2D eigenvalue weighted by molar-refractivity contribution is 5.96. The normalized spacial score (nSPS) is 16.2. The van der Waals surface area contributed by atoms with Gasteiger partial charge in [0.05, 0.1) is 6.42 Å². The maximum absolute atomic E-state index is 12.7. The zero-order valence-corrected chi connectivity index (χ0v) is 15.4. The van der Waals surface area contributed by atoms with Gasteiger partial charge in [-0.25, -0.2) is 4.79 Å². The molecule has 27 heavy (non-hydrogen) atoms. The Labute approximate surface area is 159 Å². The lowest BCUT2D eigenvalue weighted by molar-refractivity contribution is -0.117. The molecule has 0 atom stereocenters. The summed E-state index contributed by atoms with van der Waals surface area (Å²) in [7, 11) is 0. The van der Waals surface area contributed by atoms with Crippen LogP contribution in [0.15, 0.2) is 48.5 Å². The molecule has 0 unspecified atom stereocenters. The summed E-state index contributed by atoms with van der Waals surface area (Å²) in [4.78, 5) is 26.6. The molecule has 1 saturated carbocycles. The van der Waals surface area contributed by atoms with Gasteiger partial charge < -0.3 is 15.5 Å². The summed E-state index contributed by atoms with van der Waals surface area (Å²) in [6, 6.07) is 15.8. The first kappa shape index (κ1) is 17.6. The van der Waals surface area contributed by atoms with Crippen molar-refractivity contribution in [1.29, 1.82) is 0 Å². The van der Waals surface area contributed by atoms with Crippen LogP contribution in [0.1, 0.15) is 36.8 Å². The number of para-hydroxylation sites is 1. The summed E-state index contributed by atoms with van der Waals surface area (Å²) in [5.74, 6) is 0.111. The van der Waals surface area contributed by atoms with Crippen LogP contribution in [0.4, 0.5) is 16.2 Å². The van der Waals surface area contributed by atoms with E-state index in [0.717, 1.165) is 42.7 Å². The van der Waals surface area contributed by atoms with E-state index < -0.39 is 0 Å². The van der Waals surface area contributed by atoms with E-state index in [9.17, 15) is 9.59 Å². The van der Waals surface area contributed by atoms with E-state index in [-0.39, 0.29) is 11.9 Å². The largest absolute Gasteiger partial charge is 0.335 e. The summed E-state index contributed by atoms with van der Waals surface area (Å²) in [5, 5.41) is 5.88. The first-order chi connectivity index (χ1) is 13.2. The number of hydrogen-bond donors (Lipinski definition) is 2. The number of nitrogens with zero attached hydrogens (tertiary/aromatic N) is 1. The van der Waals surface area contributed by atoms with Crippen molar-refractivity contribution in [2.75, 3.05) is 16.8 Å². The Morgan fingerprint density at radius 1 is 1.00 bits per heavy atom. The number of amides is 3. The van der Waals surface area contributed by atoms with Gasteiger partial charge in [0, 0.05) is 24.0 Å². The van der Waals surface area contributed by atoms with Crippen molar-refractivity contribution >= 4 is 23.3 Å². The van der Waals surface area contributed by atoms with Gasteiger partial charge in [0.2, 0.25) is 5.91 Å². The van der Waals surface area contributed by atoms with E-state index in [1.54, 1.807) is 0 Å². The molecule has 0 spiro atoms. The molecule has 1 heterocycles. The van der Waals surface area contributed by atoms with Crippen molar-refractivity contribution in [2.45, 2.75) is 44.6 Å². The van der Waals surface area contributed by atoms with Crippen LogP contribution in [0.5, 0.6) is 0 Å². The van der Waals surface area contributed by atoms with E-state index in [0.29, 0.717) is 12.5 Å². The molecule has 0 bridgehead atoms. The number of carbonyl (C=O) groups excluding carboxylic acids is 2. The molecule has 5 heteroatoms. The van der Waals surface area contributed by atoms with Gasteiger partial charge in [-0.05, 0) is 48.6 Å². The number of urea groups is 1. The van der Waals surface area contributed by atoms with Crippen LogP contribution in [0.25, 0.3) is 0 Å². The fraction of sp³-hybridized carbons (Fsp3) is 0.364. The van der Waals surface area contributed by atoms with Crippen molar-refractivity contribution in [3.8, 4) is 0 Å². The molecule has 4 rings (SSSR count). The zero-order chi connectivity index (χ0) is 18.6. The molecule has 2 aromatic carbocycles. The highest BCUT2D eigenvalue weighted by Crippen LogP contribution is 2.28. The van der Waals surface area contributed by atoms with E-state index in [2.05, 4.69) is 16.7 Å². The highest BCUT2D eigenvalue weighted by atomic mass is 16.2. The van der Waals surface area contributed by atoms with Gasteiger partial charge in [-0.3, -0.25) is 4.79 Å². The second kappa shape index (κ2) is 7.82. The number of fused-ring (bicyclic) bond motifs is 1. The van der Waals surface area contributed by atoms with Gasteiger partial charge in [-0.15, -0.1) is 0 Å².